The highest BCUT2D eigenvalue weighted by Gasteiger charge is 2.36. The predicted octanol–water partition coefficient (Wildman–Crippen LogP) is 5.48. The molecule has 1 aliphatic rings. The summed E-state index contributed by atoms with van der Waals surface area (Å²) in [6, 6.07) is 6.30. The minimum atomic E-state index is -0.0372. The lowest BCUT2D eigenvalue weighted by molar-refractivity contribution is -0.117. The SMILES string of the molecule is CC(C)C(C)NC(=O)/C=C/C=C/C1CC1c1ccc(Cl)c(Br)c1. The molecule has 1 aromatic carbocycles. The van der Waals surface area contributed by atoms with E-state index in [1.54, 1.807) is 6.08 Å². The lowest BCUT2D eigenvalue weighted by atomic mass is 10.1. The number of carbonyl (C=O) groups is 1. The van der Waals surface area contributed by atoms with Crippen molar-refractivity contribution in [3.05, 3.63) is 57.6 Å². The molecular weight excluding hydrogens is 374 g/mol. The Balaban J connectivity index is 1.80. The molecule has 1 saturated carbocycles. The van der Waals surface area contributed by atoms with Gasteiger partial charge in [-0.25, -0.2) is 0 Å². The summed E-state index contributed by atoms with van der Waals surface area (Å²) in [5, 5.41) is 3.69. The number of allylic oxidation sites excluding steroid dienone is 3. The van der Waals surface area contributed by atoms with Crippen LogP contribution in [0, 0.1) is 11.8 Å². The van der Waals surface area contributed by atoms with Crippen LogP contribution in [-0.4, -0.2) is 11.9 Å². The lowest BCUT2D eigenvalue weighted by Crippen LogP contribution is -2.34. The van der Waals surface area contributed by atoms with Gasteiger partial charge in [-0.15, -0.1) is 0 Å². The molecule has 3 atom stereocenters. The van der Waals surface area contributed by atoms with Gasteiger partial charge in [-0.3, -0.25) is 4.79 Å². The summed E-state index contributed by atoms with van der Waals surface area (Å²) in [7, 11) is 0. The van der Waals surface area contributed by atoms with E-state index in [1.165, 1.54) is 5.56 Å². The van der Waals surface area contributed by atoms with E-state index in [2.05, 4.69) is 53.3 Å². The Hall–Kier alpha value is -1.06. The fraction of sp³-hybridized carbons (Fsp3) is 0.421. The molecule has 1 amide bonds. The van der Waals surface area contributed by atoms with Crippen LogP contribution >= 0.6 is 27.5 Å². The molecule has 0 spiro atoms. The Kier molecular flexibility index (Phi) is 6.49. The topological polar surface area (TPSA) is 29.1 Å². The van der Waals surface area contributed by atoms with Crippen LogP contribution in [0.2, 0.25) is 5.02 Å². The van der Waals surface area contributed by atoms with E-state index in [0.717, 1.165) is 15.9 Å². The van der Waals surface area contributed by atoms with Crippen molar-refractivity contribution in [2.45, 2.75) is 39.2 Å². The Morgan fingerprint density at radius 2 is 2.09 bits per heavy atom. The summed E-state index contributed by atoms with van der Waals surface area (Å²) in [4.78, 5) is 11.7. The zero-order valence-corrected chi connectivity index (χ0v) is 16.1. The smallest absolute Gasteiger partial charge is 0.244 e. The van der Waals surface area contributed by atoms with Gasteiger partial charge in [0.25, 0.3) is 0 Å². The normalized spacial score (nSPS) is 22.0. The molecule has 0 radical (unpaired) electrons. The number of amides is 1. The predicted molar refractivity (Wildman–Crippen MR) is 101 cm³/mol. The van der Waals surface area contributed by atoms with Crippen molar-refractivity contribution in [3.8, 4) is 0 Å². The number of hydrogen-bond acceptors (Lipinski definition) is 1. The van der Waals surface area contributed by atoms with E-state index >= 15 is 0 Å². The average molecular weight is 397 g/mol. The van der Waals surface area contributed by atoms with Crippen LogP contribution in [-0.2, 0) is 4.79 Å². The highest BCUT2D eigenvalue weighted by molar-refractivity contribution is 9.10. The van der Waals surface area contributed by atoms with Crippen LogP contribution in [0.15, 0.2) is 47.0 Å². The Labute approximate surface area is 152 Å². The number of nitrogens with one attached hydrogen (secondary N) is 1. The largest absolute Gasteiger partial charge is 0.350 e. The fourth-order valence-corrected chi connectivity index (χ4v) is 2.86. The van der Waals surface area contributed by atoms with Gasteiger partial charge in [0.15, 0.2) is 0 Å². The molecule has 0 aliphatic heterocycles. The zero-order valence-electron chi connectivity index (χ0n) is 13.7. The third kappa shape index (κ3) is 5.50. The molecule has 1 aliphatic carbocycles. The summed E-state index contributed by atoms with van der Waals surface area (Å²) < 4.78 is 0.946. The molecule has 23 heavy (non-hydrogen) atoms. The monoisotopic (exact) mass is 395 g/mol. The highest BCUT2D eigenvalue weighted by Crippen LogP contribution is 2.49. The Morgan fingerprint density at radius 1 is 1.35 bits per heavy atom. The van der Waals surface area contributed by atoms with E-state index in [4.69, 9.17) is 11.6 Å². The van der Waals surface area contributed by atoms with Gasteiger partial charge >= 0.3 is 0 Å². The molecule has 3 unspecified atom stereocenters. The molecule has 0 aromatic heterocycles. The molecule has 2 nitrogen and oxygen atoms in total. The van der Waals surface area contributed by atoms with Crippen LogP contribution in [0.3, 0.4) is 0 Å². The molecule has 1 N–H and O–H groups in total. The summed E-state index contributed by atoms with van der Waals surface area (Å²) >= 11 is 9.49. The molecule has 2 rings (SSSR count). The first kappa shape index (κ1) is 18.3. The first-order chi connectivity index (χ1) is 10.9. The van der Waals surface area contributed by atoms with Gasteiger partial charge in [0.1, 0.15) is 0 Å². The molecule has 124 valence electrons. The van der Waals surface area contributed by atoms with Crippen LogP contribution in [0.25, 0.3) is 0 Å². The molecular formula is C19H23BrClNO. The van der Waals surface area contributed by atoms with Crippen molar-refractivity contribution in [2.75, 3.05) is 0 Å². The van der Waals surface area contributed by atoms with Crippen molar-refractivity contribution in [2.24, 2.45) is 11.8 Å². The van der Waals surface area contributed by atoms with Crippen LogP contribution in [0.4, 0.5) is 0 Å². The van der Waals surface area contributed by atoms with Crippen molar-refractivity contribution >= 4 is 33.4 Å². The Bertz CT molecular complexity index is 624. The van der Waals surface area contributed by atoms with Gasteiger partial charge in [-0.2, -0.15) is 0 Å². The van der Waals surface area contributed by atoms with Crippen LogP contribution < -0.4 is 5.32 Å². The van der Waals surface area contributed by atoms with Gasteiger partial charge in [0.2, 0.25) is 5.91 Å². The van der Waals surface area contributed by atoms with Crippen molar-refractivity contribution in [1.82, 2.24) is 5.32 Å². The number of halogens is 2. The number of hydrogen-bond donors (Lipinski definition) is 1. The van der Waals surface area contributed by atoms with Crippen molar-refractivity contribution in [3.63, 3.8) is 0 Å². The minimum absolute atomic E-state index is 0.0372. The summed E-state index contributed by atoms with van der Waals surface area (Å²) in [5.74, 6) is 1.51. The maximum absolute atomic E-state index is 11.7. The second kappa shape index (κ2) is 8.16. The van der Waals surface area contributed by atoms with Gasteiger partial charge < -0.3 is 5.32 Å². The van der Waals surface area contributed by atoms with Gasteiger partial charge in [0.05, 0.1) is 5.02 Å². The average Bonchev–Trinajstić information content (AvgIpc) is 3.26. The number of rotatable bonds is 6. The zero-order chi connectivity index (χ0) is 17.0. The maximum Gasteiger partial charge on any atom is 0.244 e. The molecule has 0 saturated heterocycles. The molecule has 0 bridgehead atoms. The van der Waals surface area contributed by atoms with Crippen LogP contribution in [0.5, 0.6) is 0 Å². The molecule has 1 fully saturated rings. The quantitative estimate of drug-likeness (QED) is 0.500. The third-order valence-corrected chi connectivity index (χ3v) is 5.51. The minimum Gasteiger partial charge on any atom is -0.350 e. The van der Waals surface area contributed by atoms with E-state index in [0.29, 0.717) is 17.8 Å². The summed E-state index contributed by atoms with van der Waals surface area (Å²) in [6.45, 7) is 6.21. The van der Waals surface area contributed by atoms with E-state index < -0.39 is 0 Å². The Morgan fingerprint density at radius 3 is 2.74 bits per heavy atom. The van der Waals surface area contributed by atoms with Gasteiger partial charge in [0, 0.05) is 16.6 Å². The number of benzene rings is 1. The first-order valence-electron chi connectivity index (χ1n) is 7.98. The van der Waals surface area contributed by atoms with Crippen LogP contribution in [0.1, 0.15) is 38.7 Å². The third-order valence-electron chi connectivity index (χ3n) is 4.30. The molecule has 4 heteroatoms. The second-order valence-corrected chi connectivity index (χ2v) is 7.73. The molecule has 1 aromatic rings. The van der Waals surface area contributed by atoms with Crippen molar-refractivity contribution in [1.29, 1.82) is 0 Å². The first-order valence-corrected chi connectivity index (χ1v) is 9.16. The van der Waals surface area contributed by atoms with Gasteiger partial charge in [-0.1, -0.05) is 49.7 Å². The summed E-state index contributed by atoms with van der Waals surface area (Å²) in [5.41, 5.74) is 1.31. The number of carbonyl (C=O) groups excluding carboxylic acids is 1. The maximum atomic E-state index is 11.7. The molecule has 0 heterocycles. The second-order valence-electron chi connectivity index (χ2n) is 6.46. The lowest BCUT2D eigenvalue weighted by Gasteiger charge is -2.15. The highest BCUT2D eigenvalue weighted by atomic mass is 79.9. The van der Waals surface area contributed by atoms with Crippen molar-refractivity contribution < 1.29 is 4.79 Å². The summed E-state index contributed by atoms with van der Waals surface area (Å²) in [6.07, 6.45) is 8.69. The fourth-order valence-electron chi connectivity index (χ4n) is 2.34. The standard InChI is InChI=1S/C19H23BrClNO/c1-12(2)13(3)22-19(23)7-5-4-6-14-10-16(14)15-8-9-18(21)17(20)11-15/h4-9,11-14,16H,10H2,1-3H3,(H,22,23)/b6-4+,7-5+. The van der Waals surface area contributed by atoms with E-state index in [9.17, 15) is 4.79 Å². The van der Waals surface area contributed by atoms with E-state index in [-0.39, 0.29) is 11.9 Å². The van der Waals surface area contributed by atoms with Gasteiger partial charge in [-0.05, 0) is 64.7 Å². The van der Waals surface area contributed by atoms with E-state index in [1.807, 2.05) is 25.1 Å².